The number of ether oxygens (including phenoxy) is 1. The minimum Gasteiger partial charge on any atom is -0.460 e. The number of rotatable bonds is 3. The molecule has 1 aromatic carbocycles. The molecule has 0 aromatic heterocycles. The van der Waals surface area contributed by atoms with Crippen LogP contribution in [0, 0.1) is 0 Å². The SMILES string of the molecule is CC(=O)OC(C)C1(C)c2cc(C(F)(F)F)ccc2C(=O)N1C1CC1. The van der Waals surface area contributed by atoms with E-state index in [0.29, 0.717) is 0 Å². The molecule has 24 heavy (non-hydrogen) atoms. The van der Waals surface area contributed by atoms with E-state index < -0.39 is 29.4 Å². The highest BCUT2D eigenvalue weighted by atomic mass is 19.4. The Labute approximate surface area is 137 Å². The summed E-state index contributed by atoms with van der Waals surface area (Å²) in [5, 5.41) is 0. The number of carbonyl (C=O) groups excluding carboxylic acids is 2. The van der Waals surface area contributed by atoms with E-state index in [9.17, 15) is 22.8 Å². The normalized spacial score (nSPS) is 24.8. The minimum absolute atomic E-state index is 0.0257. The largest absolute Gasteiger partial charge is 0.460 e. The first-order chi connectivity index (χ1) is 11.1. The first-order valence-corrected chi connectivity index (χ1v) is 7.79. The van der Waals surface area contributed by atoms with Crippen LogP contribution >= 0.6 is 0 Å². The highest BCUT2D eigenvalue weighted by Gasteiger charge is 2.56. The van der Waals surface area contributed by atoms with Crippen LogP contribution in [0.2, 0.25) is 0 Å². The molecule has 2 aliphatic rings. The monoisotopic (exact) mass is 341 g/mol. The lowest BCUT2D eigenvalue weighted by molar-refractivity contribution is -0.153. The second-order valence-electron chi connectivity index (χ2n) is 6.56. The van der Waals surface area contributed by atoms with E-state index in [1.807, 2.05) is 0 Å². The molecule has 1 saturated carbocycles. The molecule has 4 nitrogen and oxygen atoms in total. The van der Waals surface area contributed by atoms with Crippen LogP contribution in [0.25, 0.3) is 0 Å². The number of hydrogen-bond acceptors (Lipinski definition) is 3. The molecule has 1 fully saturated rings. The van der Waals surface area contributed by atoms with Crippen LogP contribution in [0.4, 0.5) is 13.2 Å². The minimum atomic E-state index is -4.50. The third-order valence-electron chi connectivity index (χ3n) is 4.89. The molecule has 130 valence electrons. The molecule has 3 rings (SSSR count). The van der Waals surface area contributed by atoms with Crippen molar-refractivity contribution in [1.82, 2.24) is 4.90 Å². The lowest BCUT2D eigenvalue weighted by atomic mass is 9.85. The van der Waals surface area contributed by atoms with Gasteiger partial charge in [0, 0.05) is 18.5 Å². The van der Waals surface area contributed by atoms with Crippen molar-refractivity contribution in [2.45, 2.75) is 57.5 Å². The average molecular weight is 341 g/mol. The Morgan fingerprint density at radius 1 is 1.38 bits per heavy atom. The number of hydrogen-bond donors (Lipinski definition) is 0. The van der Waals surface area contributed by atoms with E-state index in [1.54, 1.807) is 18.7 Å². The summed E-state index contributed by atoms with van der Waals surface area (Å²) in [6.07, 6.45) is -3.66. The summed E-state index contributed by atoms with van der Waals surface area (Å²) in [6.45, 7) is 4.52. The highest BCUT2D eigenvalue weighted by Crippen LogP contribution is 2.49. The van der Waals surface area contributed by atoms with Gasteiger partial charge in [-0.05, 0) is 50.5 Å². The predicted molar refractivity (Wildman–Crippen MR) is 79.2 cm³/mol. The molecule has 1 aliphatic heterocycles. The molecule has 1 amide bonds. The molecule has 0 bridgehead atoms. The Morgan fingerprint density at radius 3 is 2.50 bits per heavy atom. The van der Waals surface area contributed by atoms with Gasteiger partial charge in [0.2, 0.25) is 0 Å². The van der Waals surface area contributed by atoms with Crippen LogP contribution in [-0.4, -0.2) is 28.9 Å². The van der Waals surface area contributed by atoms with Crippen LogP contribution in [0.5, 0.6) is 0 Å². The fraction of sp³-hybridized carbons (Fsp3) is 0.529. The van der Waals surface area contributed by atoms with E-state index in [0.717, 1.165) is 25.0 Å². The van der Waals surface area contributed by atoms with Gasteiger partial charge in [0.15, 0.2) is 0 Å². The number of alkyl halides is 3. The van der Waals surface area contributed by atoms with Gasteiger partial charge in [0.25, 0.3) is 5.91 Å². The van der Waals surface area contributed by atoms with E-state index in [1.165, 1.54) is 13.0 Å². The summed E-state index contributed by atoms with van der Waals surface area (Å²) in [7, 11) is 0. The first-order valence-electron chi connectivity index (χ1n) is 7.79. The zero-order valence-corrected chi connectivity index (χ0v) is 13.6. The predicted octanol–water partition coefficient (Wildman–Crippen LogP) is 3.49. The molecular weight excluding hydrogens is 323 g/mol. The number of amides is 1. The summed E-state index contributed by atoms with van der Waals surface area (Å²) in [5.41, 5.74) is -1.41. The molecule has 2 atom stereocenters. The third kappa shape index (κ3) is 2.46. The third-order valence-corrected chi connectivity index (χ3v) is 4.89. The lowest BCUT2D eigenvalue weighted by Gasteiger charge is -2.40. The van der Waals surface area contributed by atoms with Crippen molar-refractivity contribution in [1.29, 1.82) is 0 Å². The fourth-order valence-corrected chi connectivity index (χ4v) is 3.45. The fourth-order valence-electron chi connectivity index (χ4n) is 3.45. The molecule has 0 radical (unpaired) electrons. The standard InChI is InChI=1S/C17H18F3NO3/c1-9(24-10(2)22)16(3)14-8-11(17(18,19)20)4-7-13(14)15(23)21(16)12-5-6-12/h4,7-9,12H,5-6H2,1-3H3. The van der Waals surface area contributed by atoms with Gasteiger partial charge in [-0.15, -0.1) is 0 Å². The Hall–Kier alpha value is -2.05. The number of esters is 1. The summed E-state index contributed by atoms with van der Waals surface area (Å²) >= 11 is 0. The second kappa shape index (κ2) is 5.22. The van der Waals surface area contributed by atoms with Crippen LogP contribution in [0.15, 0.2) is 18.2 Å². The van der Waals surface area contributed by atoms with Crippen LogP contribution in [-0.2, 0) is 21.2 Å². The van der Waals surface area contributed by atoms with Gasteiger partial charge in [-0.2, -0.15) is 13.2 Å². The van der Waals surface area contributed by atoms with E-state index in [4.69, 9.17) is 4.74 Å². The highest BCUT2D eigenvalue weighted by molar-refractivity contribution is 6.00. The zero-order valence-electron chi connectivity index (χ0n) is 13.6. The Bertz CT molecular complexity index is 712. The van der Waals surface area contributed by atoms with Crippen LogP contribution in [0.1, 0.15) is 55.1 Å². The molecule has 1 heterocycles. The zero-order chi connectivity index (χ0) is 17.9. The topological polar surface area (TPSA) is 46.6 Å². The van der Waals surface area contributed by atoms with Gasteiger partial charge in [-0.3, -0.25) is 9.59 Å². The van der Waals surface area contributed by atoms with Crippen molar-refractivity contribution >= 4 is 11.9 Å². The van der Waals surface area contributed by atoms with Crippen molar-refractivity contribution in [3.05, 3.63) is 34.9 Å². The number of nitrogens with zero attached hydrogens (tertiary/aromatic N) is 1. The summed E-state index contributed by atoms with van der Waals surface area (Å²) in [6, 6.07) is 3.13. The van der Waals surface area contributed by atoms with E-state index >= 15 is 0 Å². The Morgan fingerprint density at radius 2 is 2.00 bits per heavy atom. The van der Waals surface area contributed by atoms with Crippen molar-refractivity contribution in [2.24, 2.45) is 0 Å². The van der Waals surface area contributed by atoms with Crippen molar-refractivity contribution in [3.8, 4) is 0 Å². The van der Waals surface area contributed by atoms with Gasteiger partial charge in [0.05, 0.1) is 5.56 Å². The average Bonchev–Trinajstić information content (AvgIpc) is 3.26. The molecule has 0 N–H and O–H groups in total. The molecule has 1 aliphatic carbocycles. The molecule has 2 unspecified atom stereocenters. The van der Waals surface area contributed by atoms with Crippen molar-refractivity contribution < 1.29 is 27.5 Å². The van der Waals surface area contributed by atoms with Crippen LogP contribution in [0.3, 0.4) is 0 Å². The molecular formula is C17H18F3NO3. The number of carbonyl (C=O) groups is 2. The van der Waals surface area contributed by atoms with Gasteiger partial charge in [-0.25, -0.2) is 0 Å². The van der Waals surface area contributed by atoms with E-state index in [2.05, 4.69) is 0 Å². The van der Waals surface area contributed by atoms with Gasteiger partial charge >= 0.3 is 12.1 Å². The Kier molecular flexibility index (Phi) is 3.66. The summed E-state index contributed by atoms with van der Waals surface area (Å²) < 4.78 is 44.6. The Balaban J connectivity index is 2.15. The van der Waals surface area contributed by atoms with Crippen molar-refractivity contribution in [3.63, 3.8) is 0 Å². The summed E-state index contributed by atoms with van der Waals surface area (Å²) in [5.74, 6) is -0.838. The number of benzene rings is 1. The number of fused-ring (bicyclic) bond motifs is 1. The molecule has 7 heteroatoms. The molecule has 0 spiro atoms. The summed E-state index contributed by atoms with van der Waals surface area (Å²) in [4.78, 5) is 25.7. The maximum Gasteiger partial charge on any atom is 0.416 e. The second-order valence-corrected chi connectivity index (χ2v) is 6.56. The smallest absolute Gasteiger partial charge is 0.416 e. The van der Waals surface area contributed by atoms with Gasteiger partial charge < -0.3 is 9.64 Å². The van der Waals surface area contributed by atoms with Crippen LogP contribution < -0.4 is 0 Å². The maximum atomic E-state index is 13.1. The quantitative estimate of drug-likeness (QED) is 0.791. The molecule has 1 aromatic rings. The number of halogens is 3. The van der Waals surface area contributed by atoms with E-state index in [-0.39, 0.29) is 23.1 Å². The maximum absolute atomic E-state index is 13.1. The van der Waals surface area contributed by atoms with Crippen molar-refractivity contribution in [2.75, 3.05) is 0 Å². The first kappa shape index (κ1) is 16.8. The molecule has 0 saturated heterocycles. The van der Waals surface area contributed by atoms with Gasteiger partial charge in [0.1, 0.15) is 11.6 Å². The lowest BCUT2D eigenvalue weighted by Crippen LogP contribution is -2.51. The van der Waals surface area contributed by atoms with Gasteiger partial charge in [-0.1, -0.05) is 0 Å².